The van der Waals surface area contributed by atoms with Crippen molar-refractivity contribution < 1.29 is 14.3 Å². The number of nitrogens with one attached hydrogen (secondary N) is 1. The van der Waals surface area contributed by atoms with Crippen LogP contribution in [0.1, 0.15) is 45.6 Å². The van der Waals surface area contributed by atoms with Gasteiger partial charge in [-0.1, -0.05) is 6.07 Å². The second kappa shape index (κ2) is 9.34. The minimum absolute atomic E-state index is 0.0339. The van der Waals surface area contributed by atoms with E-state index in [1.807, 2.05) is 24.5 Å². The smallest absolute Gasteiger partial charge is 0.337 e. The summed E-state index contributed by atoms with van der Waals surface area (Å²) in [4.78, 5) is 44.1. The number of aliphatic hydroxyl groups is 1. The first kappa shape index (κ1) is 24.2. The molecule has 180 valence electrons. The van der Waals surface area contributed by atoms with Gasteiger partial charge in [0, 0.05) is 17.0 Å². The van der Waals surface area contributed by atoms with Crippen molar-refractivity contribution in [1.82, 2.24) is 19.4 Å². The molecule has 34 heavy (non-hydrogen) atoms. The van der Waals surface area contributed by atoms with Crippen molar-refractivity contribution in [2.24, 2.45) is 0 Å². The van der Waals surface area contributed by atoms with E-state index in [9.17, 15) is 23.9 Å². The van der Waals surface area contributed by atoms with Gasteiger partial charge in [0.2, 0.25) is 0 Å². The maximum atomic E-state index is 14.1. The molecule has 2 aromatic heterocycles. The number of hydrogen-bond acceptors (Lipinski definition) is 6. The summed E-state index contributed by atoms with van der Waals surface area (Å²) in [6.07, 6.45) is 4.95. The van der Waals surface area contributed by atoms with Gasteiger partial charge in [-0.25, -0.2) is 18.7 Å². The lowest BCUT2D eigenvalue weighted by molar-refractivity contribution is -0.137. The monoisotopic (exact) mass is 486 g/mol. The van der Waals surface area contributed by atoms with E-state index in [1.54, 1.807) is 6.07 Å². The van der Waals surface area contributed by atoms with Crippen molar-refractivity contribution in [3.05, 3.63) is 63.2 Å². The quantitative estimate of drug-likeness (QED) is 0.537. The van der Waals surface area contributed by atoms with Crippen molar-refractivity contribution in [2.75, 3.05) is 6.26 Å². The summed E-state index contributed by atoms with van der Waals surface area (Å²) >= 11 is 1.52. The number of thioether (sulfide) groups is 1. The third kappa shape index (κ3) is 4.65. The Morgan fingerprint density at radius 2 is 1.91 bits per heavy atom. The Morgan fingerprint density at radius 3 is 2.56 bits per heavy atom. The summed E-state index contributed by atoms with van der Waals surface area (Å²) in [6.45, 7) is 2.84. The average Bonchev–Trinajstić information content (AvgIpc) is 2.80. The SMILES string of the molecule is CSc1cccc(-n2c(=O)n([C@H]3CC[C@@H](NC(=O)C(C)(C)O)CC3)c(=O)c3cc(F)cnc32)c1. The number of hydrogen-bond donors (Lipinski definition) is 2. The number of nitrogens with zero attached hydrogens (tertiary/aromatic N) is 3. The molecule has 0 saturated heterocycles. The van der Waals surface area contributed by atoms with E-state index in [0.717, 1.165) is 17.2 Å². The van der Waals surface area contributed by atoms with E-state index >= 15 is 0 Å². The Balaban J connectivity index is 1.76. The number of benzene rings is 1. The fraction of sp³-hybridized carbons (Fsp3) is 0.417. The Bertz CT molecular complexity index is 1350. The van der Waals surface area contributed by atoms with Crippen LogP contribution in [0, 0.1) is 5.82 Å². The molecule has 1 aromatic carbocycles. The normalized spacial score (nSPS) is 18.7. The van der Waals surface area contributed by atoms with Gasteiger partial charge < -0.3 is 10.4 Å². The number of halogens is 1. The summed E-state index contributed by atoms with van der Waals surface area (Å²) < 4.78 is 16.6. The standard InChI is InChI=1S/C24H27FN4O4S/c1-24(2,33)22(31)27-15-7-9-16(10-8-15)29-21(30)19-11-14(25)13-26-20(19)28(23(29)32)17-5-4-6-18(12-17)34-3/h4-6,11-13,15-16,33H,7-10H2,1-3H3,(H,27,31)/t15-,16+. The number of rotatable bonds is 5. The maximum absolute atomic E-state index is 14.1. The van der Waals surface area contributed by atoms with Crippen LogP contribution in [0.3, 0.4) is 0 Å². The molecular weight excluding hydrogens is 459 g/mol. The van der Waals surface area contributed by atoms with Crippen molar-refractivity contribution >= 4 is 28.7 Å². The number of carbonyl (C=O) groups excluding carboxylic acids is 1. The predicted molar refractivity (Wildman–Crippen MR) is 129 cm³/mol. The lowest BCUT2D eigenvalue weighted by Gasteiger charge is -2.31. The fourth-order valence-electron chi connectivity index (χ4n) is 4.33. The first-order chi connectivity index (χ1) is 16.1. The molecule has 1 amide bonds. The maximum Gasteiger partial charge on any atom is 0.337 e. The summed E-state index contributed by atoms with van der Waals surface area (Å²) in [5, 5.41) is 12.7. The van der Waals surface area contributed by atoms with E-state index in [0.29, 0.717) is 31.4 Å². The van der Waals surface area contributed by atoms with Crippen LogP contribution in [-0.4, -0.2) is 43.0 Å². The van der Waals surface area contributed by atoms with E-state index in [-0.39, 0.29) is 17.1 Å². The second-order valence-electron chi connectivity index (χ2n) is 9.06. The molecule has 2 heterocycles. The topological polar surface area (TPSA) is 106 Å². The minimum atomic E-state index is -1.48. The van der Waals surface area contributed by atoms with Crippen molar-refractivity contribution in [1.29, 1.82) is 0 Å². The van der Waals surface area contributed by atoms with Crippen LogP contribution < -0.4 is 16.6 Å². The van der Waals surface area contributed by atoms with E-state index in [4.69, 9.17) is 0 Å². The van der Waals surface area contributed by atoms with E-state index < -0.39 is 34.6 Å². The van der Waals surface area contributed by atoms with Crippen LogP contribution in [0.4, 0.5) is 4.39 Å². The van der Waals surface area contributed by atoms with Crippen LogP contribution in [-0.2, 0) is 4.79 Å². The van der Waals surface area contributed by atoms with Gasteiger partial charge in [0.15, 0.2) is 5.65 Å². The number of carbonyl (C=O) groups is 1. The molecule has 0 unspecified atom stereocenters. The first-order valence-electron chi connectivity index (χ1n) is 11.1. The molecule has 1 fully saturated rings. The van der Waals surface area contributed by atoms with Gasteiger partial charge in [0.1, 0.15) is 11.4 Å². The number of aromatic nitrogens is 3. The molecule has 8 nitrogen and oxygen atoms in total. The molecule has 1 aliphatic rings. The molecule has 10 heteroatoms. The molecule has 3 aromatic rings. The first-order valence-corrected chi connectivity index (χ1v) is 12.3. The zero-order valence-electron chi connectivity index (χ0n) is 19.2. The number of pyridine rings is 1. The van der Waals surface area contributed by atoms with Gasteiger partial charge in [0.05, 0.1) is 17.3 Å². The van der Waals surface area contributed by atoms with Gasteiger partial charge in [0.25, 0.3) is 11.5 Å². The molecule has 0 bridgehead atoms. The second-order valence-corrected chi connectivity index (χ2v) is 9.94. The fourth-order valence-corrected chi connectivity index (χ4v) is 4.78. The summed E-state index contributed by atoms with van der Waals surface area (Å²) in [5.41, 5.74) is -1.94. The van der Waals surface area contributed by atoms with Crippen molar-refractivity contribution in [2.45, 2.75) is 62.1 Å². The summed E-state index contributed by atoms with van der Waals surface area (Å²) in [7, 11) is 0. The number of amides is 1. The van der Waals surface area contributed by atoms with Crippen molar-refractivity contribution in [3.8, 4) is 5.69 Å². The van der Waals surface area contributed by atoms with Crippen molar-refractivity contribution in [3.63, 3.8) is 0 Å². The average molecular weight is 487 g/mol. The summed E-state index contributed by atoms with van der Waals surface area (Å²) in [5.74, 6) is -1.12. The highest BCUT2D eigenvalue weighted by Gasteiger charge is 2.31. The zero-order valence-corrected chi connectivity index (χ0v) is 20.1. The molecule has 0 aliphatic heterocycles. The van der Waals surface area contributed by atoms with Crippen LogP contribution in [0.5, 0.6) is 0 Å². The van der Waals surface area contributed by atoms with Gasteiger partial charge in [-0.05, 0) is 70.1 Å². The highest BCUT2D eigenvalue weighted by molar-refractivity contribution is 7.98. The lowest BCUT2D eigenvalue weighted by Crippen LogP contribution is -2.49. The number of fused-ring (bicyclic) bond motifs is 1. The molecule has 1 aliphatic carbocycles. The molecule has 0 radical (unpaired) electrons. The summed E-state index contributed by atoms with van der Waals surface area (Å²) in [6, 6.07) is 7.86. The van der Waals surface area contributed by atoms with Crippen LogP contribution >= 0.6 is 11.8 Å². The van der Waals surface area contributed by atoms with Crippen LogP contribution in [0.25, 0.3) is 16.7 Å². The minimum Gasteiger partial charge on any atom is -0.381 e. The molecule has 2 N–H and O–H groups in total. The van der Waals surface area contributed by atoms with Gasteiger partial charge in [-0.3, -0.25) is 14.2 Å². The zero-order chi connectivity index (χ0) is 24.6. The highest BCUT2D eigenvalue weighted by atomic mass is 32.2. The molecule has 1 saturated carbocycles. The highest BCUT2D eigenvalue weighted by Crippen LogP contribution is 2.28. The molecule has 0 spiro atoms. The van der Waals surface area contributed by atoms with E-state index in [2.05, 4.69) is 10.3 Å². The van der Waals surface area contributed by atoms with Gasteiger partial charge >= 0.3 is 5.69 Å². The Morgan fingerprint density at radius 1 is 1.21 bits per heavy atom. The van der Waals surface area contributed by atoms with Crippen LogP contribution in [0.2, 0.25) is 0 Å². The Labute approximate surface area is 199 Å². The van der Waals surface area contributed by atoms with Gasteiger partial charge in [-0.2, -0.15) is 0 Å². The molecule has 4 rings (SSSR count). The predicted octanol–water partition coefficient (Wildman–Crippen LogP) is 2.78. The lowest BCUT2D eigenvalue weighted by atomic mass is 9.90. The third-order valence-electron chi connectivity index (χ3n) is 6.16. The van der Waals surface area contributed by atoms with Crippen LogP contribution in [0.15, 0.2) is 51.0 Å². The Kier molecular flexibility index (Phi) is 6.64. The molecular formula is C24H27FN4O4S. The largest absolute Gasteiger partial charge is 0.381 e. The van der Waals surface area contributed by atoms with Gasteiger partial charge in [-0.15, -0.1) is 11.8 Å². The Hall–Kier alpha value is -2.98. The molecule has 0 atom stereocenters. The van der Waals surface area contributed by atoms with E-state index in [1.165, 1.54) is 34.7 Å². The third-order valence-corrected chi connectivity index (χ3v) is 6.88.